The molecule has 1 fully saturated rings. The highest BCUT2D eigenvalue weighted by Crippen LogP contribution is 2.39. The minimum Gasteiger partial charge on any atom is -0.480 e. The standard InChI is InChI=1S/C27H28F3N3O5.ClH/c1-14(22(31)24(35)36)12-26(2,3)21-13-33(25(37)38-21)16-9-8-15-10-20(32-23(34)18(15)11-16)17-6-4-5-7-19(17)27(28,29)30;/h4-11,14,21-22H,12-13,31H2,1-3H3,(H,32,34)(H,35,36);1H/t14?,21-,22?;/m1./s1. The molecule has 39 heavy (non-hydrogen) atoms. The summed E-state index contributed by atoms with van der Waals surface area (Å²) in [6.07, 6.45) is -5.38. The van der Waals surface area contributed by atoms with Crippen molar-refractivity contribution in [3.63, 3.8) is 0 Å². The summed E-state index contributed by atoms with van der Waals surface area (Å²) in [7, 11) is 0. The molecule has 8 nitrogen and oxygen atoms in total. The van der Waals surface area contributed by atoms with Crippen LogP contribution in [0.2, 0.25) is 0 Å². The fraction of sp³-hybridized carbons (Fsp3) is 0.370. The van der Waals surface area contributed by atoms with Gasteiger partial charge in [-0.05, 0) is 42.0 Å². The van der Waals surface area contributed by atoms with Crippen molar-refractivity contribution >= 4 is 40.9 Å². The number of aromatic nitrogens is 1. The number of amides is 1. The molecule has 2 heterocycles. The molecule has 210 valence electrons. The lowest BCUT2D eigenvalue weighted by molar-refractivity contribution is -0.140. The van der Waals surface area contributed by atoms with Crippen LogP contribution in [0.3, 0.4) is 0 Å². The average Bonchev–Trinajstić information content (AvgIpc) is 3.25. The molecule has 1 aliphatic heterocycles. The summed E-state index contributed by atoms with van der Waals surface area (Å²) in [6, 6.07) is 10.1. The summed E-state index contributed by atoms with van der Waals surface area (Å²) in [4.78, 5) is 40.8. The van der Waals surface area contributed by atoms with Crippen molar-refractivity contribution in [2.75, 3.05) is 11.4 Å². The van der Waals surface area contributed by atoms with E-state index < -0.39 is 46.9 Å². The average molecular weight is 568 g/mol. The number of cyclic esters (lactones) is 1. The Labute approximate surface area is 228 Å². The second-order valence-electron chi connectivity index (χ2n) is 10.3. The van der Waals surface area contributed by atoms with Crippen molar-refractivity contribution in [1.82, 2.24) is 4.98 Å². The number of nitrogens with two attached hydrogens (primary N) is 1. The summed E-state index contributed by atoms with van der Waals surface area (Å²) in [5.41, 5.74) is 3.97. The first-order valence-corrected chi connectivity index (χ1v) is 12.0. The quantitative estimate of drug-likeness (QED) is 0.350. The minimum atomic E-state index is -4.59. The maximum atomic E-state index is 13.5. The number of halogens is 4. The smallest absolute Gasteiger partial charge is 0.417 e. The molecule has 0 aliphatic carbocycles. The number of benzene rings is 2. The lowest BCUT2D eigenvalue weighted by Crippen LogP contribution is -2.42. The number of carbonyl (C=O) groups is 2. The van der Waals surface area contributed by atoms with Crippen molar-refractivity contribution in [1.29, 1.82) is 0 Å². The van der Waals surface area contributed by atoms with Crippen molar-refractivity contribution in [3.05, 3.63) is 64.4 Å². The van der Waals surface area contributed by atoms with Crippen LogP contribution in [0.15, 0.2) is 53.3 Å². The number of rotatable bonds is 7. The number of carboxylic acids is 1. The fourth-order valence-corrected chi connectivity index (χ4v) is 4.94. The fourth-order valence-electron chi connectivity index (χ4n) is 4.94. The highest BCUT2D eigenvalue weighted by atomic mass is 35.5. The molecule has 0 radical (unpaired) electrons. The Kier molecular flexibility index (Phi) is 8.37. The molecule has 0 spiro atoms. The third-order valence-electron chi connectivity index (χ3n) is 7.09. The maximum absolute atomic E-state index is 13.5. The van der Waals surface area contributed by atoms with Gasteiger partial charge < -0.3 is 20.6 Å². The number of nitrogens with one attached hydrogen (secondary N) is 1. The molecule has 4 N–H and O–H groups in total. The van der Waals surface area contributed by atoms with E-state index in [1.165, 1.54) is 35.2 Å². The van der Waals surface area contributed by atoms with Crippen LogP contribution < -0.4 is 16.2 Å². The molecule has 1 amide bonds. The molecule has 12 heteroatoms. The Balaban J connectivity index is 0.00000420. The van der Waals surface area contributed by atoms with E-state index in [0.29, 0.717) is 17.5 Å². The molecule has 4 rings (SSSR count). The number of hydrogen-bond acceptors (Lipinski definition) is 5. The van der Waals surface area contributed by atoms with Crippen LogP contribution >= 0.6 is 12.4 Å². The van der Waals surface area contributed by atoms with Crippen LogP contribution in [0.1, 0.15) is 32.8 Å². The molecule has 1 aliphatic rings. The maximum Gasteiger partial charge on any atom is 0.417 e. The normalized spacial score (nSPS) is 17.5. The van der Waals surface area contributed by atoms with E-state index in [1.807, 2.05) is 13.8 Å². The molecular weight excluding hydrogens is 539 g/mol. The molecular formula is C27H29ClF3N3O5. The summed E-state index contributed by atoms with van der Waals surface area (Å²) < 4.78 is 46.1. The number of carbonyl (C=O) groups excluding carboxylic acids is 1. The Hall–Kier alpha value is -3.57. The molecule has 3 aromatic rings. The number of fused-ring (bicyclic) bond motifs is 1. The summed E-state index contributed by atoms with van der Waals surface area (Å²) in [6.45, 7) is 5.63. The van der Waals surface area contributed by atoms with Crippen LogP contribution in [0.4, 0.5) is 23.7 Å². The van der Waals surface area contributed by atoms with Gasteiger partial charge >= 0.3 is 18.2 Å². The van der Waals surface area contributed by atoms with Crippen molar-refractivity contribution in [2.45, 2.75) is 45.5 Å². The Morgan fingerprint density at radius 2 is 1.85 bits per heavy atom. The first-order chi connectivity index (χ1) is 17.7. The monoisotopic (exact) mass is 567 g/mol. The van der Waals surface area contributed by atoms with E-state index in [9.17, 15) is 32.7 Å². The van der Waals surface area contributed by atoms with Gasteiger partial charge in [0.2, 0.25) is 0 Å². The van der Waals surface area contributed by atoms with E-state index >= 15 is 0 Å². The lowest BCUT2D eigenvalue weighted by Gasteiger charge is -2.33. The van der Waals surface area contributed by atoms with Crippen LogP contribution in [0.25, 0.3) is 22.0 Å². The van der Waals surface area contributed by atoms with E-state index in [1.54, 1.807) is 19.1 Å². The van der Waals surface area contributed by atoms with Gasteiger partial charge in [-0.1, -0.05) is 45.0 Å². The molecule has 2 unspecified atom stereocenters. The molecule has 3 atom stereocenters. The minimum absolute atomic E-state index is 0. The van der Waals surface area contributed by atoms with E-state index in [2.05, 4.69) is 4.98 Å². The molecule has 1 saturated heterocycles. The number of anilines is 1. The second kappa shape index (κ2) is 10.9. The van der Waals surface area contributed by atoms with Gasteiger partial charge in [0, 0.05) is 27.7 Å². The van der Waals surface area contributed by atoms with Gasteiger partial charge in [0.05, 0.1) is 12.1 Å². The van der Waals surface area contributed by atoms with Crippen molar-refractivity contribution in [2.24, 2.45) is 17.1 Å². The number of aromatic amines is 1. The number of ether oxygens (including phenoxy) is 1. The number of aliphatic carboxylic acids is 1. The Bertz CT molecular complexity index is 1460. The number of pyridine rings is 1. The van der Waals surface area contributed by atoms with Gasteiger partial charge in [0.1, 0.15) is 12.1 Å². The molecule has 1 aromatic heterocycles. The van der Waals surface area contributed by atoms with E-state index in [0.717, 1.165) is 6.07 Å². The van der Waals surface area contributed by atoms with E-state index in [4.69, 9.17) is 10.5 Å². The van der Waals surface area contributed by atoms with Crippen LogP contribution in [0, 0.1) is 11.3 Å². The van der Waals surface area contributed by atoms with Crippen LogP contribution in [0.5, 0.6) is 0 Å². The predicted molar refractivity (Wildman–Crippen MR) is 143 cm³/mol. The van der Waals surface area contributed by atoms with Gasteiger partial charge in [-0.3, -0.25) is 14.5 Å². The third-order valence-corrected chi connectivity index (χ3v) is 7.09. The van der Waals surface area contributed by atoms with Gasteiger partial charge in [-0.2, -0.15) is 13.2 Å². The highest BCUT2D eigenvalue weighted by molar-refractivity contribution is 5.95. The number of H-pyrrole nitrogens is 1. The van der Waals surface area contributed by atoms with E-state index in [-0.39, 0.29) is 41.5 Å². The van der Waals surface area contributed by atoms with Gasteiger partial charge in [0.25, 0.3) is 5.56 Å². The van der Waals surface area contributed by atoms with Crippen LogP contribution in [-0.4, -0.2) is 40.8 Å². The second-order valence-corrected chi connectivity index (χ2v) is 10.3. The third kappa shape index (κ3) is 6.04. The number of nitrogens with zero attached hydrogens (tertiary/aromatic N) is 1. The number of alkyl halides is 3. The summed E-state index contributed by atoms with van der Waals surface area (Å²) >= 11 is 0. The molecule has 0 saturated carbocycles. The topological polar surface area (TPSA) is 126 Å². The highest BCUT2D eigenvalue weighted by Gasteiger charge is 2.43. The molecule has 0 bridgehead atoms. The number of hydrogen-bond donors (Lipinski definition) is 3. The Morgan fingerprint density at radius 1 is 1.18 bits per heavy atom. The van der Waals surface area contributed by atoms with Gasteiger partial charge in [-0.25, -0.2) is 4.79 Å². The first kappa shape index (κ1) is 30.0. The van der Waals surface area contributed by atoms with Crippen LogP contribution in [-0.2, 0) is 15.7 Å². The first-order valence-electron chi connectivity index (χ1n) is 12.0. The summed E-state index contributed by atoms with van der Waals surface area (Å²) in [5.74, 6) is -1.48. The summed E-state index contributed by atoms with van der Waals surface area (Å²) in [5, 5.41) is 9.80. The predicted octanol–water partition coefficient (Wildman–Crippen LogP) is 5.43. The zero-order valence-electron chi connectivity index (χ0n) is 21.4. The van der Waals surface area contributed by atoms with Gasteiger partial charge in [-0.15, -0.1) is 12.4 Å². The zero-order chi connectivity index (χ0) is 28.0. The van der Waals surface area contributed by atoms with Crippen molar-refractivity contribution < 1.29 is 32.6 Å². The Morgan fingerprint density at radius 3 is 2.49 bits per heavy atom. The lowest BCUT2D eigenvalue weighted by atomic mass is 9.76. The molecule has 2 aromatic carbocycles. The number of carboxylic acid groups (broad SMARTS) is 1. The van der Waals surface area contributed by atoms with Crippen molar-refractivity contribution in [3.8, 4) is 11.3 Å². The largest absolute Gasteiger partial charge is 0.480 e. The zero-order valence-corrected chi connectivity index (χ0v) is 22.2. The SMILES string of the molecule is CC(CC(C)(C)[C@H]1CN(c2ccc3cc(-c4ccccc4C(F)(F)F)[nH]c(=O)c3c2)C(=O)O1)C(N)C(=O)O.Cl. The van der Waals surface area contributed by atoms with Gasteiger partial charge in [0.15, 0.2) is 0 Å².